The molecule has 0 unspecified atom stereocenters. The van der Waals surface area contributed by atoms with Crippen molar-refractivity contribution in [1.82, 2.24) is 0 Å². The maximum Gasteiger partial charge on any atom is 1.00 e. The predicted octanol–water partition coefficient (Wildman–Crippen LogP) is -2.86. The van der Waals surface area contributed by atoms with Crippen molar-refractivity contribution < 1.29 is 50.4 Å². The summed E-state index contributed by atoms with van der Waals surface area (Å²) in [7, 11) is 0. The van der Waals surface area contributed by atoms with Crippen LogP contribution in [0.15, 0.2) is 0 Å². The number of carboxylic acids is 1. The molecule has 0 aliphatic heterocycles. The first kappa shape index (κ1) is 12.6. The van der Waals surface area contributed by atoms with E-state index in [1.54, 1.807) is 6.92 Å². The van der Waals surface area contributed by atoms with Gasteiger partial charge >= 0.3 is 41.5 Å². The molecule has 0 saturated carbocycles. The number of carboxylic acid groups (broad SMARTS) is 1. The third-order valence-electron chi connectivity index (χ3n) is 0.601. The topological polar surface area (TPSA) is 63.6 Å². The number of rotatable bonds is 3. The maximum absolute atomic E-state index is 10.3. The van der Waals surface area contributed by atoms with Gasteiger partial charge < -0.3 is 11.3 Å². The quantitative estimate of drug-likeness (QED) is 0.271. The van der Waals surface area contributed by atoms with Crippen LogP contribution in [0.4, 0.5) is 0 Å². The molecule has 54 valence electrons. The fraction of sp³-hybridized carbons (Fsp3) is 0.600. The third-order valence-corrected chi connectivity index (χ3v) is 0.601. The van der Waals surface area contributed by atoms with Gasteiger partial charge in [-0.2, -0.15) is 0 Å². The van der Waals surface area contributed by atoms with Crippen molar-refractivity contribution in [2.45, 2.75) is 13.3 Å². The van der Waals surface area contributed by atoms with E-state index in [0.29, 0.717) is 0 Å². The number of carbonyl (C=O) groups is 2. The fourth-order valence-corrected chi connectivity index (χ4v) is 0.335. The van der Waals surface area contributed by atoms with Crippen LogP contribution < -0.4 is 29.6 Å². The molecule has 0 saturated heterocycles. The van der Waals surface area contributed by atoms with Crippen molar-refractivity contribution in [1.29, 1.82) is 0 Å². The van der Waals surface area contributed by atoms with E-state index in [2.05, 4.69) is 4.74 Å². The van der Waals surface area contributed by atoms with Crippen LogP contribution in [0.1, 0.15) is 14.8 Å². The van der Waals surface area contributed by atoms with E-state index in [0.717, 1.165) is 0 Å². The summed E-state index contributed by atoms with van der Waals surface area (Å²) < 4.78 is 4.33. The molecule has 1 N–H and O–H groups in total. The second kappa shape index (κ2) is 7.05. The Morgan fingerprint density at radius 3 is 2.40 bits per heavy atom. The van der Waals surface area contributed by atoms with Crippen LogP contribution in [0.2, 0.25) is 0 Å². The van der Waals surface area contributed by atoms with Gasteiger partial charge in [0.25, 0.3) is 0 Å². The molecular formula is C5H9NaO4. The van der Waals surface area contributed by atoms with Gasteiger partial charge in [0.15, 0.2) is 0 Å². The smallest absolute Gasteiger partial charge is 1.00 e. The van der Waals surface area contributed by atoms with Gasteiger partial charge in [-0.15, -0.1) is 0 Å². The van der Waals surface area contributed by atoms with Crippen molar-refractivity contribution >= 4 is 11.9 Å². The molecule has 10 heavy (non-hydrogen) atoms. The van der Waals surface area contributed by atoms with Crippen LogP contribution >= 0.6 is 0 Å². The third kappa shape index (κ3) is 7.94. The van der Waals surface area contributed by atoms with Crippen LogP contribution in [-0.4, -0.2) is 23.7 Å². The Hall–Kier alpha value is -0.0600. The summed E-state index contributed by atoms with van der Waals surface area (Å²) in [6, 6.07) is 0. The number of hydrogen-bond acceptors (Lipinski definition) is 3. The largest absolute Gasteiger partial charge is 1.00 e. The number of esters is 1. The van der Waals surface area contributed by atoms with Crippen LogP contribution in [-0.2, 0) is 14.3 Å². The minimum absolute atomic E-state index is 0. The van der Waals surface area contributed by atoms with Gasteiger partial charge in [0.2, 0.25) is 0 Å². The van der Waals surface area contributed by atoms with E-state index in [-0.39, 0.29) is 37.6 Å². The zero-order valence-corrected chi connectivity index (χ0v) is 8.09. The summed E-state index contributed by atoms with van der Waals surface area (Å²) in [6.07, 6.45) is -0.548. The number of aliphatic carboxylic acids is 1. The molecule has 0 bridgehead atoms. The Morgan fingerprint density at radius 2 is 2.10 bits per heavy atom. The molecule has 5 heteroatoms. The second-order valence-corrected chi connectivity index (χ2v) is 1.38. The molecule has 0 aromatic heterocycles. The summed E-state index contributed by atoms with van der Waals surface area (Å²) in [5, 5.41) is 8.01. The fourth-order valence-electron chi connectivity index (χ4n) is 0.335. The zero-order valence-electron chi connectivity index (χ0n) is 7.09. The van der Waals surface area contributed by atoms with Crippen LogP contribution in [0.5, 0.6) is 0 Å². The zero-order chi connectivity index (χ0) is 7.28. The molecule has 0 spiro atoms. The first-order valence-electron chi connectivity index (χ1n) is 2.54. The second-order valence-electron chi connectivity index (χ2n) is 1.38. The Kier molecular flexibility index (Phi) is 8.89. The first-order chi connectivity index (χ1) is 4.16. The van der Waals surface area contributed by atoms with Gasteiger partial charge in [-0.05, 0) is 6.92 Å². The van der Waals surface area contributed by atoms with E-state index >= 15 is 0 Å². The van der Waals surface area contributed by atoms with Crippen LogP contribution in [0.3, 0.4) is 0 Å². The minimum atomic E-state index is -1.16. The predicted molar refractivity (Wildman–Crippen MR) is 30.0 cm³/mol. The van der Waals surface area contributed by atoms with Crippen molar-refractivity contribution in [2.75, 3.05) is 6.61 Å². The number of hydrogen-bond donors (Lipinski definition) is 1. The normalized spacial score (nSPS) is 7.70. The van der Waals surface area contributed by atoms with Gasteiger partial charge in [0.1, 0.15) is 6.42 Å². The molecule has 0 heterocycles. The molecule has 0 atom stereocenters. The van der Waals surface area contributed by atoms with Crippen molar-refractivity contribution in [3.05, 3.63) is 0 Å². The van der Waals surface area contributed by atoms with Gasteiger partial charge in [-0.3, -0.25) is 9.59 Å². The van der Waals surface area contributed by atoms with Crippen molar-refractivity contribution in [3.63, 3.8) is 0 Å². The van der Waals surface area contributed by atoms with E-state index in [1.165, 1.54) is 0 Å². The summed E-state index contributed by atoms with van der Waals surface area (Å²) >= 11 is 0. The van der Waals surface area contributed by atoms with Crippen molar-refractivity contribution in [3.8, 4) is 0 Å². The number of ether oxygens (including phenoxy) is 1. The van der Waals surface area contributed by atoms with Gasteiger partial charge in [-0.1, -0.05) is 0 Å². The summed E-state index contributed by atoms with van der Waals surface area (Å²) in [5.41, 5.74) is 0. The molecule has 0 radical (unpaired) electrons. The first-order valence-corrected chi connectivity index (χ1v) is 2.54. The van der Waals surface area contributed by atoms with E-state index in [4.69, 9.17) is 5.11 Å². The molecule has 0 aliphatic rings. The van der Waals surface area contributed by atoms with Gasteiger partial charge in [0.05, 0.1) is 6.61 Å². The Bertz CT molecular complexity index is 128. The molecule has 4 nitrogen and oxygen atoms in total. The SMILES string of the molecule is CCOC(=O)CC(=O)O.[H-].[Na+]. The number of carbonyl (C=O) groups excluding carboxylic acids is 1. The van der Waals surface area contributed by atoms with E-state index in [1.807, 2.05) is 0 Å². The average Bonchev–Trinajstić information content (AvgIpc) is 1.63. The summed E-state index contributed by atoms with van der Waals surface area (Å²) in [5.74, 6) is -1.85. The summed E-state index contributed by atoms with van der Waals surface area (Å²) in [4.78, 5) is 20.0. The molecule has 0 aromatic carbocycles. The van der Waals surface area contributed by atoms with Crippen molar-refractivity contribution in [2.24, 2.45) is 0 Å². The Balaban J connectivity index is -0.000000320. The minimum Gasteiger partial charge on any atom is -1.00 e. The molecule has 0 fully saturated rings. The molecule has 0 rings (SSSR count). The van der Waals surface area contributed by atoms with E-state index < -0.39 is 18.4 Å². The maximum atomic E-state index is 10.3. The van der Waals surface area contributed by atoms with E-state index in [9.17, 15) is 9.59 Å². The molecular weight excluding hydrogens is 147 g/mol. The average molecular weight is 156 g/mol. The summed E-state index contributed by atoms with van der Waals surface area (Å²) in [6.45, 7) is 1.85. The van der Waals surface area contributed by atoms with Gasteiger partial charge in [-0.25, -0.2) is 0 Å². The Morgan fingerprint density at radius 1 is 1.60 bits per heavy atom. The van der Waals surface area contributed by atoms with Gasteiger partial charge in [0, 0.05) is 0 Å². The monoisotopic (exact) mass is 156 g/mol. The molecule has 0 aromatic rings. The van der Waals surface area contributed by atoms with Crippen LogP contribution in [0.25, 0.3) is 0 Å². The molecule has 0 amide bonds. The molecule has 0 aliphatic carbocycles. The Labute approximate surface area is 82.3 Å². The van der Waals surface area contributed by atoms with Crippen LogP contribution in [0, 0.1) is 0 Å². The standard InChI is InChI=1S/C5H8O4.Na.H/c1-2-9-5(8)3-4(6)7;;/h2-3H2,1H3,(H,6,7);;/q;+1;-1.